The van der Waals surface area contributed by atoms with Crippen LogP contribution >= 0.6 is 11.3 Å². The Morgan fingerprint density at radius 1 is 1.35 bits per heavy atom. The first kappa shape index (κ1) is 12.1. The summed E-state index contributed by atoms with van der Waals surface area (Å²) in [6.07, 6.45) is 0. The summed E-state index contributed by atoms with van der Waals surface area (Å²) in [5.74, 6) is 6.54. The highest BCUT2D eigenvalue weighted by Crippen LogP contribution is 2.28. The van der Waals surface area contributed by atoms with Gasteiger partial charge in [0.05, 0.1) is 13.2 Å². The maximum atomic E-state index is 5.64. The van der Waals surface area contributed by atoms with Crippen LogP contribution in [0.25, 0.3) is 0 Å². The Kier molecular flexibility index (Phi) is 3.78. The van der Waals surface area contributed by atoms with Crippen molar-refractivity contribution >= 4 is 11.3 Å². The van der Waals surface area contributed by atoms with Crippen molar-refractivity contribution in [3.63, 3.8) is 0 Å². The van der Waals surface area contributed by atoms with Crippen LogP contribution in [0, 0.1) is 6.92 Å². The molecular formula is C13H16N2OS. The molecule has 4 heteroatoms. The minimum absolute atomic E-state index is 0.0413. The number of hydrazine groups is 1. The first-order valence-corrected chi connectivity index (χ1v) is 6.28. The summed E-state index contributed by atoms with van der Waals surface area (Å²) in [5.41, 5.74) is 5.11. The fourth-order valence-electron chi connectivity index (χ4n) is 1.88. The fraction of sp³-hybridized carbons (Fsp3) is 0.231. The molecule has 1 aromatic carbocycles. The highest BCUT2D eigenvalue weighted by Gasteiger charge is 2.14. The number of thiophene rings is 1. The Labute approximate surface area is 105 Å². The van der Waals surface area contributed by atoms with Gasteiger partial charge in [-0.15, -0.1) is 11.3 Å². The summed E-state index contributed by atoms with van der Waals surface area (Å²) in [5, 5.41) is 2.05. The molecule has 3 N–H and O–H groups in total. The Morgan fingerprint density at radius 2 is 2.18 bits per heavy atom. The fourth-order valence-corrected chi connectivity index (χ4v) is 2.69. The molecule has 0 aliphatic rings. The lowest BCUT2D eigenvalue weighted by molar-refractivity contribution is 0.411. The van der Waals surface area contributed by atoms with Crippen molar-refractivity contribution in [1.29, 1.82) is 0 Å². The maximum absolute atomic E-state index is 5.64. The molecule has 1 atom stereocenters. The quantitative estimate of drug-likeness (QED) is 0.646. The van der Waals surface area contributed by atoms with Gasteiger partial charge in [-0.2, -0.15) is 0 Å². The van der Waals surface area contributed by atoms with Gasteiger partial charge in [-0.3, -0.25) is 5.84 Å². The molecule has 0 spiro atoms. The van der Waals surface area contributed by atoms with E-state index in [-0.39, 0.29) is 6.04 Å². The molecule has 1 unspecified atom stereocenters. The average molecular weight is 248 g/mol. The zero-order valence-corrected chi connectivity index (χ0v) is 10.8. The zero-order chi connectivity index (χ0) is 12.3. The first-order chi connectivity index (χ1) is 8.26. The van der Waals surface area contributed by atoms with E-state index in [0.29, 0.717) is 0 Å². The van der Waals surface area contributed by atoms with E-state index in [2.05, 4.69) is 22.9 Å². The van der Waals surface area contributed by atoms with Gasteiger partial charge in [-0.1, -0.05) is 18.2 Å². The molecule has 0 bridgehead atoms. The Balaban J connectivity index is 2.35. The molecule has 0 saturated heterocycles. The second-order valence-corrected chi connectivity index (χ2v) is 4.82. The standard InChI is InChI=1S/C13H16N2OS/c1-9-8-10(5-6-11(9)16-2)13(15-14)12-4-3-7-17-12/h3-8,13,15H,14H2,1-2H3. The smallest absolute Gasteiger partial charge is 0.121 e. The van der Waals surface area contributed by atoms with Crippen LogP contribution in [0.2, 0.25) is 0 Å². The average Bonchev–Trinajstić information content (AvgIpc) is 2.84. The van der Waals surface area contributed by atoms with E-state index in [1.807, 2.05) is 25.1 Å². The molecule has 0 saturated carbocycles. The molecular weight excluding hydrogens is 232 g/mol. The molecule has 90 valence electrons. The summed E-state index contributed by atoms with van der Waals surface area (Å²) in [4.78, 5) is 1.21. The van der Waals surface area contributed by atoms with Crippen molar-refractivity contribution in [2.45, 2.75) is 13.0 Å². The molecule has 0 radical (unpaired) electrons. The lowest BCUT2D eigenvalue weighted by atomic mass is 10.0. The number of nitrogens with one attached hydrogen (secondary N) is 1. The summed E-state index contributed by atoms with van der Waals surface area (Å²) in [6, 6.07) is 10.3. The minimum Gasteiger partial charge on any atom is -0.496 e. The van der Waals surface area contributed by atoms with E-state index < -0.39 is 0 Å². The van der Waals surface area contributed by atoms with Crippen molar-refractivity contribution in [2.24, 2.45) is 5.84 Å². The summed E-state index contributed by atoms with van der Waals surface area (Å²) in [7, 11) is 1.68. The second kappa shape index (κ2) is 5.31. The second-order valence-electron chi connectivity index (χ2n) is 3.84. The van der Waals surface area contributed by atoms with Crippen LogP contribution in [0.4, 0.5) is 0 Å². The lowest BCUT2D eigenvalue weighted by Gasteiger charge is -2.16. The molecule has 0 fully saturated rings. The molecule has 0 aliphatic heterocycles. The van der Waals surface area contributed by atoms with Crippen molar-refractivity contribution in [3.8, 4) is 5.75 Å². The number of ether oxygens (including phenoxy) is 1. The molecule has 1 heterocycles. The van der Waals surface area contributed by atoms with Crippen LogP contribution in [-0.2, 0) is 0 Å². The molecule has 1 aromatic heterocycles. The van der Waals surface area contributed by atoms with Gasteiger partial charge in [0.15, 0.2) is 0 Å². The van der Waals surface area contributed by atoms with E-state index >= 15 is 0 Å². The van der Waals surface area contributed by atoms with Gasteiger partial charge in [0.25, 0.3) is 0 Å². The maximum Gasteiger partial charge on any atom is 0.121 e. The molecule has 2 rings (SSSR count). The number of methoxy groups -OCH3 is 1. The van der Waals surface area contributed by atoms with Crippen molar-refractivity contribution in [2.75, 3.05) is 7.11 Å². The summed E-state index contributed by atoms with van der Waals surface area (Å²) in [6.45, 7) is 2.03. The Bertz CT molecular complexity index is 482. The molecule has 3 nitrogen and oxygen atoms in total. The topological polar surface area (TPSA) is 47.3 Å². The number of hydrogen-bond acceptors (Lipinski definition) is 4. The van der Waals surface area contributed by atoms with E-state index in [1.165, 1.54) is 4.88 Å². The van der Waals surface area contributed by atoms with Gasteiger partial charge >= 0.3 is 0 Å². The van der Waals surface area contributed by atoms with E-state index in [0.717, 1.165) is 16.9 Å². The van der Waals surface area contributed by atoms with Crippen LogP contribution in [-0.4, -0.2) is 7.11 Å². The molecule has 17 heavy (non-hydrogen) atoms. The third-order valence-electron chi connectivity index (χ3n) is 2.75. The molecule has 0 aliphatic carbocycles. The Hall–Kier alpha value is -1.36. The third kappa shape index (κ3) is 2.49. The van der Waals surface area contributed by atoms with Crippen LogP contribution in [0.1, 0.15) is 22.0 Å². The van der Waals surface area contributed by atoms with Crippen molar-refractivity contribution < 1.29 is 4.74 Å². The highest BCUT2D eigenvalue weighted by molar-refractivity contribution is 7.10. The van der Waals surface area contributed by atoms with Crippen LogP contribution < -0.4 is 16.0 Å². The number of benzene rings is 1. The van der Waals surface area contributed by atoms with E-state index in [9.17, 15) is 0 Å². The van der Waals surface area contributed by atoms with Gasteiger partial charge in [0, 0.05) is 4.88 Å². The largest absolute Gasteiger partial charge is 0.496 e. The normalized spacial score (nSPS) is 12.4. The van der Waals surface area contributed by atoms with E-state index in [1.54, 1.807) is 18.4 Å². The number of hydrogen-bond donors (Lipinski definition) is 2. The summed E-state index contributed by atoms with van der Waals surface area (Å²) >= 11 is 1.69. The predicted molar refractivity (Wildman–Crippen MR) is 71.2 cm³/mol. The zero-order valence-electron chi connectivity index (χ0n) is 9.94. The number of rotatable bonds is 4. The van der Waals surface area contributed by atoms with Gasteiger partial charge in [-0.25, -0.2) is 5.43 Å². The predicted octanol–water partition coefficient (Wildman–Crippen LogP) is 2.62. The van der Waals surface area contributed by atoms with Crippen molar-refractivity contribution in [1.82, 2.24) is 5.43 Å². The van der Waals surface area contributed by atoms with Gasteiger partial charge < -0.3 is 4.74 Å². The monoisotopic (exact) mass is 248 g/mol. The SMILES string of the molecule is COc1ccc(C(NN)c2cccs2)cc1C. The van der Waals surface area contributed by atoms with Crippen molar-refractivity contribution in [3.05, 3.63) is 51.7 Å². The van der Waals surface area contributed by atoms with Crippen LogP contribution in [0.15, 0.2) is 35.7 Å². The van der Waals surface area contributed by atoms with Crippen LogP contribution in [0.3, 0.4) is 0 Å². The van der Waals surface area contributed by atoms with Crippen LogP contribution in [0.5, 0.6) is 5.75 Å². The Morgan fingerprint density at radius 3 is 2.71 bits per heavy atom. The van der Waals surface area contributed by atoms with Gasteiger partial charge in [0.1, 0.15) is 5.75 Å². The molecule has 0 amide bonds. The summed E-state index contributed by atoms with van der Waals surface area (Å²) < 4.78 is 5.25. The minimum atomic E-state index is 0.0413. The molecule has 2 aromatic rings. The number of nitrogens with two attached hydrogens (primary N) is 1. The first-order valence-electron chi connectivity index (χ1n) is 5.40. The van der Waals surface area contributed by atoms with Gasteiger partial charge in [-0.05, 0) is 35.6 Å². The third-order valence-corrected chi connectivity index (χ3v) is 3.68. The van der Waals surface area contributed by atoms with Gasteiger partial charge in [0.2, 0.25) is 0 Å². The number of aryl methyl sites for hydroxylation is 1. The lowest BCUT2D eigenvalue weighted by Crippen LogP contribution is -2.28. The highest BCUT2D eigenvalue weighted by atomic mass is 32.1. The van der Waals surface area contributed by atoms with E-state index in [4.69, 9.17) is 10.6 Å².